The van der Waals surface area contributed by atoms with Crippen molar-refractivity contribution < 1.29 is 0 Å². The number of benzene rings is 1. The van der Waals surface area contributed by atoms with E-state index in [1.165, 1.54) is 11.1 Å². The van der Waals surface area contributed by atoms with Crippen LogP contribution in [-0.2, 0) is 7.05 Å². The molecule has 0 saturated carbocycles. The van der Waals surface area contributed by atoms with Crippen LogP contribution in [0.3, 0.4) is 0 Å². The highest BCUT2D eigenvalue weighted by atomic mass is 15.2. The van der Waals surface area contributed by atoms with E-state index in [0.29, 0.717) is 0 Å². The van der Waals surface area contributed by atoms with Crippen LogP contribution in [0.25, 0.3) is 33.5 Å². The zero-order valence-electron chi connectivity index (χ0n) is 14.8. The van der Waals surface area contributed by atoms with Gasteiger partial charge in [-0.15, -0.1) is 0 Å². The first-order valence-corrected chi connectivity index (χ1v) is 8.21. The average molecular weight is 332 g/mol. The molecule has 0 saturated heterocycles. The minimum absolute atomic E-state index is 0.817. The summed E-state index contributed by atoms with van der Waals surface area (Å²) >= 11 is 0. The summed E-state index contributed by atoms with van der Waals surface area (Å²) in [4.78, 5) is 4.97. The lowest BCUT2D eigenvalue weighted by atomic mass is 9.99. The van der Waals surface area contributed by atoms with Crippen molar-refractivity contribution in [3.05, 3.63) is 47.8 Å². The molecule has 2 N–H and O–H groups in total. The van der Waals surface area contributed by atoms with Crippen molar-refractivity contribution in [2.75, 3.05) is 12.4 Å². The standard InChI is InChI=1S/C19H20N6/c1-11-6-5-7-14(12(11)2)18-15(20-3)8-16-19(22-18)17(24-23-16)13-9-21-25(4)10-13/h5-10,20H,1-4H3,(H,23,24). The molecule has 6 nitrogen and oxygen atoms in total. The van der Waals surface area contributed by atoms with E-state index in [0.717, 1.165) is 39.2 Å². The van der Waals surface area contributed by atoms with Crippen LogP contribution in [-0.4, -0.2) is 32.0 Å². The number of nitrogens with one attached hydrogen (secondary N) is 2. The molecular weight excluding hydrogens is 312 g/mol. The maximum atomic E-state index is 4.97. The van der Waals surface area contributed by atoms with Crippen molar-refractivity contribution in [2.24, 2.45) is 7.05 Å². The second-order valence-electron chi connectivity index (χ2n) is 6.25. The largest absolute Gasteiger partial charge is 0.386 e. The molecule has 0 spiro atoms. The van der Waals surface area contributed by atoms with E-state index in [4.69, 9.17) is 4.98 Å². The van der Waals surface area contributed by atoms with E-state index in [-0.39, 0.29) is 0 Å². The number of hydrogen-bond donors (Lipinski definition) is 2. The van der Waals surface area contributed by atoms with Crippen molar-refractivity contribution >= 4 is 16.7 Å². The molecule has 4 rings (SSSR count). The average Bonchev–Trinajstić information content (AvgIpc) is 3.21. The van der Waals surface area contributed by atoms with Crippen LogP contribution in [0.2, 0.25) is 0 Å². The zero-order chi connectivity index (χ0) is 17.6. The zero-order valence-corrected chi connectivity index (χ0v) is 14.8. The van der Waals surface area contributed by atoms with Crippen molar-refractivity contribution in [3.63, 3.8) is 0 Å². The molecule has 3 aromatic heterocycles. The fourth-order valence-corrected chi connectivity index (χ4v) is 3.10. The predicted molar refractivity (Wildman–Crippen MR) is 101 cm³/mol. The summed E-state index contributed by atoms with van der Waals surface area (Å²) in [6.45, 7) is 4.25. The van der Waals surface area contributed by atoms with Crippen LogP contribution < -0.4 is 5.32 Å². The molecule has 0 atom stereocenters. The summed E-state index contributed by atoms with van der Waals surface area (Å²) in [5, 5.41) is 15.0. The van der Waals surface area contributed by atoms with Crippen molar-refractivity contribution in [1.29, 1.82) is 0 Å². The van der Waals surface area contributed by atoms with Crippen molar-refractivity contribution in [2.45, 2.75) is 13.8 Å². The molecule has 0 fully saturated rings. The number of aryl methyl sites for hydroxylation is 2. The molecule has 0 bridgehead atoms. The molecule has 0 amide bonds. The van der Waals surface area contributed by atoms with Gasteiger partial charge < -0.3 is 5.32 Å². The summed E-state index contributed by atoms with van der Waals surface area (Å²) in [7, 11) is 3.81. The SMILES string of the molecule is CNc1cc2[nH]nc(-c3cnn(C)c3)c2nc1-c1cccc(C)c1C. The first kappa shape index (κ1) is 15.4. The van der Waals surface area contributed by atoms with E-state index in [1.54, 1.807) is 10.9 Å². The van der Waals surface area contributed by atoms with Crippen LogP contribution in [0.15, 0.2) is 36.7 Å². The smallest absolute Gasteiger partial charge is 0.122 e. The van der Waals surface area contributed by atoms with Gasteiger partial charge in [0, 0.05) is 31.4 Å². The van der Waals surface area contributed by atoms with Gasteiger partial charge in [0.25, 0.3) is 0 Å². The number of aromatic amines is 1. The van der Waals surface area contributed by atoms with E-state index in [1.807, 2.05) is 20.3 Å². The Morgan fingerprint density at radius 3 is 2.72 bits per heavy atom. The second kappa shape index (κ2) is 5.73. The van der Waals surface area contributed by atoms with Crippen LogP contribution in [0.5, 0.6) is 0 Å². The molecule has 0 unspecified atom stereocenters. The summed E-state index contributed by atoms with van der Waals surface area (Å²) < 4.78 is 1.77. The second-order valence-corrected chi connectivity index (χ2v) is 6.25. The molecule has 25 heavy (non-hydrogen) atoms. The number of anilines is 1. The van der Waals surface area contributed by atoms with E-state index in [2.05, 4.69) is 58.7 Å². The fourth-order valence-electron chi connectivity index (χ4n) is 3.10. The fraction of sp³-hybridized carbons (Fsp3) is 0.211. The maximum Gasteiger partial charge on any atom is 0.122 e. The Morgan fingerprint density at radius 1 is 1.16 bits per heavy atom. The van der Waals surface area contributed by atoms with Gasteiger partial charge in [-0.2, -0.15) is 10.2 Å². The highest BCUT2D eigenvalue weighted by Crippen LogP contribution is 2.34. The Morgan fingerprint density at radius 2 is 2.00 bits per heavy atom. The maximum absolute atomic E-state index is 4.97. The number of hydrogen-bond acceptors (Lipinski definition) is 4. The molecule has 126 valence electrons. The highest BCUT2D eigenvalue weighted by Gasteiger charge is 2.17. The topological polar surface area (TPSA) is 71.4 Å². The normalized spacial score (nSPS) is 11.2. The number of H-pyrrole nitrogens is 1. The number of fused-ring (bicyclic) bond motifs is 1. The number of pyridine rings is 1. The summed E-state index contributed by atoms with van der Waals surface area (Å²) in [5.41, 5.74) is 9.04. The van der Waals surface area contributed by atoms with Gasteiger partial charge in [-0.1, -0.05) is 18.2 Å². The van der Waals surface area contributed by atoms with E-state index < -0.39 is 0 Å². The van der Waals surface area contributed by atoms with Crippen molar-refractivity contribution in [3.8, 4) is 22.5 Å². The number of rotatable bonds is 3. The lowest BCUT2D eigenvalue weighted by molar-refractivity contribution is 0.768. The van der Waals surface area contributed by atoms with Crippen molar-refractivity contribution in [1.82, 2.24) is 25.0 Å². The number of nitrogens with zero attached hydrogens (tertiary/aromatic N) is 4. The molecule has 1 aromatic carbocycles. The Bertz CT molecular complexity index is 1070. The Labute approximate surface area is 145 Å². The quantitative estimate of drug-likeness (QED) is 0.600. The van der Waals surface area contributed by atoms with Gasteiger partial charge in [-0.3, -0.25) is 9.78 Å². The molecular formula is C19H20N6. The lowest BCUT2D eigenvalue weighted by Crippen LogP contribution is -1.98. The van der Waals surface area contributed by atoms with Crippen LogP contribution in [0.1, 0.15) is 11.1 Å². The molecule has 0 aliphatic heterocycles. The van der Waals surface area contributed by atoms with Crippen LogP contribution in [0, 0.1) is 13.8 Å². The first-order chi connectivity index (χ1) is 12.1. The van der Waals surface area contributed by atoms with Crippen LogP contribution >= 0.6 is 0 Å². The summed E-state index contributed by atoms with van der Waals surface area (Å²) in [6, 6.07) is 8.36. The summed E-state index contributed by atoms with van der Waals surface area (Å²) in [5.74, 6) is 0. The Balaban J connectivity index is 1.99. The molecule has 4 aromatic rings. The lowest BCUT2D eigenvalue weighted by Gasteiger charge is -2.13. The Hall–Kier alpha value is -3.15. The van der Waals surface area contributed by atoms with Gasteiger partial charge in [-0.05, 0) is 31.0 Å². The van der Waals surface area contributed by atoms with E-state index in [9.17, 15) is 0 Å². The number of aromatic nitrogens is 5. The van der Waals surface area contributed by atoms with Gasteiger partial charge in [0.1, 0.15) is 11.2 Å². The van der Waals surface area contributed by atoms with Gasteiger partial charge in [0.2, 0.25) is 0 Å². The monoisotopic (exact) mass is 332 g/mol. The Kier molecular flexibility index (Phi) is 3.53. The molecule has 0 aliphatic carbocycles. The minimum Gasteiger partial charge on any atom is -0.386 e. The first-order valence-electron chi connectivity index (χ1n) is 8.21. The third-order valence-electron chi connectivity index (χ3n) is 4.64. The minimum atomic E-state index is 0.817. The third-order valence-corrected chi connectivity index (χ3v) is 4.64. The van der Waals surface area contributed by atoms with E-state index >= 15 is 0 Å². The van der Waals surface area contributed by atoms with Gasteiger partial charge in [0.05, 0.1) is 23.1 Å². The highest BCUT2D eigenvalue weighted by molar-refractivity contribution is 5.95. The molecule has 6 heteroatoms. The van der Waals surface area contributed by atoms with Gasteiger partial charge in [-0.25, -0.2) is 4.98 Å². The predicted octanol–water partition coefficient (Wildman–Crippen LogP) is 3.68. The summed E-state index contributed by atoms with van der Waals surface area (Å²) in [6.07, 6.45) is 3.75. The van der Waals surface area contributed by atoms with Gasteiger partial charge in [0.15, 0.2) is 0 Å². The molecule has 0 aliphatic rings. The molecule has 0 radical (unpaired) electrons. The third kappa shape index (κ3) is 2.46. The van der Waals surface area contributed by atoms with Gasteiger partial charge >= 0.3 is 0 Å². The molecule has 3 heterocycles. The van der Waals surface area contributed by atoms with Crippen LogP contribution in [0.4, 0.5) is 5.69 Å².